The maximum Gasteiger partial charge on any atom is 0.318 e. The Balaban J connectivity index is 1.71. The highest BCUT2D eigenvalue weighted by molar-refractivity contribution is 7.91. The summed E-state index contributed by atoms with van der Waals surface area (Å²) in [5, 5.41) is 4.81. The molecule has 1 N–H and O–H groups in total. The predicted molar refractivity (Wildman–Crippen MR) is 96.1 cm³/mol. The number of sulfone groups is 1. The molecule has 1 aromatic rings. The fourth-order valence-electron chi connectivity index (χ4n) is 3.55. The summed E-state index contributed by atoms with van der Waals surface area (Å²) in [6.45, 7) is 3.11. The molecule has 2 atom stereocenters. The molecule has 2 saturated heterocycles. The first-order valence-electron chi connectivity index (χ1n) is 8.48. The molecule has 1 aromatic heterocycles. The third-order valence-corrected chi connectivity index (χ3v) is 7.29. The van der Waals surface area contributed by atoms with Crippen molar-refractivity contribution in [3.05, 3.63) is 22.4 Å². The van der Waals surface area contributed by atoms with Crippen LogP contribution in [-0.4, -0.2) is 66.8 Å². The van der Waals surface area contributed by atoms with E-state index >= 15 is 0 Å². The Morgan fingerprint density at radius 1 is 1.24 bits per heavy atom. The number of nitrogens with one attached hydrogen (secondary N) is 1. The molecule has 3 heterocycles. The van der Waals surface area contributed by atoms with Crippen LogP contribution in [0.2, 0.25) is 0 Å². The molecular formula is C16H23N3O4S2. The Hall–Kier alpha value is -1.61. The Bertz CT molecular complexity index is 733. The van der Waals surface area contributed by atoms with Gasteiger partial charge in [-0.1, -0.05) is 13.0 Å². The second kappa shape index (κ2) is 7.33. The van der Waals surface area contributed by atoms with Crippen molar-refractivity contribution in [1.29, 1.82) is 0 Å². The van der Waals surface area contributed by atoms with Crippen LogP contribution in [-0.2, 0) is 21.2 Å². The number of carbonyl (C=O) groups is 2. The fourth-order valence-corrected chi connectivity index (χ4v) is 6.18. The lowest BCUT2D eigenvalue weighted by atomic mass is 10.0. The lowest BCUT2D eigenvalue weighted by molar-refractivity contribution is -0.136. The largest absolute Gasteiger partial charge is 0.335 e. The van der Waals surface area contributed by atoms with E-state index in [4.69, 9.17) is 0 Å². The standard InChI is InChI=1S/C16H23N3O4S2/c1-2-4-15(20)18-6-7-19(14-11-25(22,23)10-13(14)18)16(21)17-9-12-5-3-8-24-12/h3,5,8,13-14H,2,4,6-7,9-11H2,1H3,(H,17,21)/t13-,14+/m1/s1. The van der Waals surface area contributed by atoms with E-state index in [0.717, 1.165) is 11.3 Å². The van der Waals surface area contributed by atoms with Gasteiger partial charge in [0.15, 0.2) is 9.84 Å². The molecule has 0 aliphatic carbocycles. The lowest BCUT2D eigenvalue weighted by Crippen LogP contribution is -2.63. The Morgan fingerprint density at radius 3 is 2.56 bits per heavy atom. The Morgan fingerprint density at radius 2 is 1.92 bits per heavy atom. The summed E-state index contributed by atoms with van der Waals surface area (Å²) >= 11 is 1.56. The molecule has 7 nitrogen and oxygen atoms in total. The van der Waals surface area contributed by atoms with Crippen molar-refractivity contribution in [2.75, 3.05) is 24.6 Å². The minimum absolute atomic E-state index is 0.0201. The monoisotopic (exact) mass is 385 g/mol. The molecule has 3 rings (SSSR count). The van der Waals surface area contributed by atoms with Crippen LogP contribution in [0.25, 0.3) is 0 Å². The van der Waals surface area contributed by atoms with Crippen molar-refractivity contribution in [3.63, 3.8) is 0 Å². The number of carbonyl (C=O) groups excluding carboxylic acids is 2. The first kappa shape index (κ1) is 18.2. The quantitative estimate of drug-likeness (QED) is 0.840. The van der Waals surface area contributed by atoms with Gasteiger partial charge in [-0.05, 0) is 17.9 Å². The molecule has 0 saturated carbocycles. The van der Waals surface area contributed by atoms with Crippen molar-refractivity contribution in [2.45, 2.75) is 38.4 Å². The number of piperazine rings is 1. The molecule has 2 aliphatic heterocycles. The van der Waals surface area contributed by atoms with Crippen molar-refractivity contribution >= 4 is 33.1 Å². The molecule has 25 heavy (non-hydrogen) atoms. The van der Waals surface area contributed by atoms with E-state index in [-0.39, 0.29) is 23.4 Å². The van der Waals surface area contributed by atoms with Crippen molar-refractivity contribution in [2.24, 2.45) is 0 Å². The number of thiophene rings is 1. The summed E-state index contributed by atoms with van der Waals surface area (Å²) in [5.41, 5.74) is 0. The van der Waals surface area contributed by atoms with Gasteiger partial charge in [0.2, 0.25) is 5.91 Å². The van der Waals surface area contributed by atoms with Gasteiger partial charge in [-0.3, -0.25) is 4.79 Å². The first-order chi connectivity index (χ1) is 11.9. The van der Waals surface area contributed by atoms with Crippen LogP contribution >= 0.6 is 11.3 Å². The van der Waals surface area contributed by atoms with E-state index in [2.05, 4.69) is 5.32 Å². The minimum Gasteiger partial charge on any atom is -0.335 e. The number of nitrogens with zero attached hydrogens (tertiary/aromatic N) is 2. The van der Waals surface area contributed by atoms with E-state index in [1.165, 1.54) is 0 Å². The maximum atomic E-state index is 12.6. The number of fused-ring (bicyclic) bond motifs is 1. The fraction of sp³-hybridized carbons (Fsp3) is 0.625. The summed E-state index contributed by atoms with van der Waals surface area (Å²) in [6, 6.07) is 2.72. The highest BCUT2D eigenvalue weighted by atomic mass is 32.2. The molecule has 0 unspecified atom stereocenters. The van der Waals surface area contributed by atoms with Gasteiger partial charge in [-0.2, -0.15) is 0 Å². The van der Waals surface area contributed by atoms with Crippen molar-refractivity contribution in [3.8, 4) is 0 Å². The molecule has 2 fully saturated rings. The molecule has 0 bridgehead atoms. The van der Waals surface area contributed by atoms with Crippen LogP contribution in [0.4, 0.5) is 4.79 Å². The Labute approximate surface area is 151 Å². The zero-order chi connectivity index (χ0) is 18.0. The van der Waals surface area contributed by atoms with Gasteiger partial charge in [0.05, 0.1) is 30.1 Å². The third-order valence-electron chi connectivity index (χ3n) is 4.72. The Kier molecular flexibility index (Phi) is 5.33. The molecule has 0 spiro atoms. The molecular weight excluding hydrogens is 362 g/mol. The third kappa shape index (κ3) is 3.98. The minimum atomic E-state index is -3.25. The summed E-state index contributed by atoms with van der Waals surface area (Å²) < 4.78 is 24.3. The second-order valence-corrected chi connectivity index (χ2v) is 9.67. The second-order valence-electron chi connectivity index (χ2n) is 6.48. The van der Waals surface area contributed by atoms with E-state index in [9.17, 15) is 18.0 Å². The zero-order valence-corrected chi connectivity index (χ0v) is 15.8. The average molecular weight is 386 g/mol. The SMILES string of the molecule is CCCC(=O)N1CCN(C(=O)NCc2cccs2)[C@H]2CS(=O)(=O)C[C@H]21. The molecule has 0 aromatic carbocycles. The zero-order valence-electron chi connectivity index (χ0n) is 14.2. The van der Waals surface area contributed by atoms with E-state index in [1.807, 2.05) is 24.4 Å². The summed E-state index contributed by atoms with van der Waals surface area (Å²) in [4.78, 5) is 29.2. The maximum absolute atomic E-state index is 12.6. The topological polar surface area (TPSA) is 86.8 Å². The predicted octanol–water partition coefficient (Wildman–Crippen LogP) is 1.07. The van der Waals surface area contributed by atoms with Crippen LogP contribution in [0.15, 0.2) is 17.5 Å². The van der Waals surface area contributed by atoms with E-state index < -0.39 is 21.9 Å². The van der Waals surface area contributed by atoms with Crippen molar-refractivity contribution in [1.82, 2.24) is 15.1 Å². The first-order valence-corrected chi connectivity index (χ1v) is 11.2. The number of hydrogen-bond acceptors (Lipinski definition) is 5. The number of amides is 3. The highest BCUT2D eigenvalue weighted by Crippen LogP contribution is 2.27. The summed E-state index contributed by atoms with van der Waals surface area (Å²) in [5.74, 6) is -0.143. The van der Waals surface area contributed by atoms with Crippen LogP contribution < -0.4 is 5.32 Å². The molecule has 9 heteroatoms. The van der Waals surface area contributed by atoms with Gasteiger partial charge >= 0.3 is 6.03 Å². The van der Waals surface area contributed by atoms with Crippen LogP contribution in [0, 0.1) is 0 Å². The van der Waals surface area contributed by atoms with Crippen molar-refractivity contribution < 1.29 is 18.0 Å². The van der Waals surface area contributed by atoms with Gasteiger partial charge < -0.3 is 15.1 Å². The smallest absolute Gasteiger partial charge is 0.318 e. The van der Waals surface area contributed by atoms with Gasteiger partial charge in [0.1, 0.15) is 0 Å². The number of urea groups is 1. The molecule has 2 aliphatic rings. The summed E-state index contributed by atoms with van der Waals surface area (Å²) in [7, 11) is -3.25. The van der Waals surface area contributed by atoms with Gasteiger partial charge in [-0.25, -0.2) is 13.2 Å². The summed E-state index contributed by atoms with van der Waals surface area (Å²) in [6.07, 6.45) is 1.14. The van der Waals surface area contributed by atoms with Crippen LogP contribution in [0.1, 0.15) is 24.6 Å². The van der Waals surface area contributed by atoms with Gasteiger partial charge in [-0.15, -0.1) is 11.3 Å². The molecule has 0 radical (unpaired) electrons. The molecule has 138 valence electrons. The normalized spacial score (nSPS) is 24.8. The van der Waals surface area contributed by atoms with Crippen LogP contribution in [0.5, 0.6) is 0 Å². The van der Waals surface area contributed by atoms with Gasteiger partial charge in [0.25, 0.3) is 0 Å². The van der Waals surface area contributed by atoms with E-state index in [1.54, 1.807) is 21.1 Å². The number of rotatable bonds is 4. The van der Waals surface area contributed by atoms with Crippen LogP contribution in [0.3, 0.4) is 0 Å². The number of hydrogen-bond donors (Lipinski definition) is 1. The van der Waals surface area contributed by atoms with E-state index in [0.29, 0.717) is 26.1 Å². The van der Waals surface area contributed by atoms with Gasteiger partial charge in [0, 0.05) is 24.4 Å². The average Bonchev–Trinajstić information content (AvgIpc) is 3.17. The molecule has 3 amide bonds. The highest BCUT2D eigenvalue weighted by Gasteiger charge is 2.49. The lowest BCUT2D eigenvalue weighted by Gasteiger charge is -2.43.